The van der Waals surface area contributed by atoms with Gasteiger partial charge in [0.05, 0.1) is 64.5 Å². The van der Waals surface area contributed by atoms with Gasteiger partial charge in [-0.2, -0.15) is 10.2 Å². The summed E-state index contributed by atoms with van der Waals surface area (Å²) in [5.41, 5.74) is 9.55. The molecule has 0 aliphatic carbocycles. The van der Waals surface area contributed by atoms with Gasteiger partial charge in [-0.05, 0) is 51.0 Å². The van der Waals surface area contributed by atoms with Gasteiger partial charge in [-0.1, -0.05) is 0 Å². The van der Waals surface area contributed by atoms with Gasteiger partial charge in [-0.3, -0.25) is 20.2 Å². The Morgan fingerprint density at radius 2 is 1.49 bits per heavy atom. The van der Waals surface area contributed by atoms with E-state index in [1.54, 1.807) is 31.9 Å². The fourth-order valence-electron chi connectivity index (χ4n) is 6.66. The van der Waals surface area contributed by atoms with Gasteiger partial charge in [0.1, 0.15) is 51.2 Å². The molecule has 17 heteroatoms. The van der Waals surface area contributed by atoms with E-state index in [0.29, 0.717) is 39.5 Å². The van der Waals surface area contributed by atoms with E-state index in [2.05, 4.69) is 54.0 Å². The van der Waals surface area contributed by atoms with Crippen LogP contribution in [0.1, 0.15) is 26.7 Å². The molecule has 2 atom stereocenters. The van der Waals surface area contributed by atoms with Crippen LogP contribution in [0.2, 0.25) is 0 Å². The minimum absolute atomic E-state index is 0.199. The van der Waals surface area contributed by atoms with E-state index in [4.69, 9.17) is 39.4 Å². The molecule has 4 N–H and O–H groups in total. The van der Waals surface area contributed by atoms with Crippen molar-refractivity contribution in [2.45, 2.75) is 38.8 Å². The number of amides is 1. The average Bonchev–Trinajstić information content (AvgIpc) is 3.95. The van der Waals surface area contributed by atoms with Crippen molar-refractivity contribution in [1.82, 2.24) is 40.3 Å². The van der Waals surface area contributed by atoms with Crippen LogP contribution < -0.4 is 25.0 Å². The van der Waals surface area contributed by atoms with Gasteiger partial charge in [0.15, 0.2) is 0 Å². The number of methoxy groups -OCH3 is 1. The van der Waals surface area contributed by atoms with Gasteiger partial charge < -0.3 is 39.2 Å². The van der Waals surface area contributed by atoms with Gasteiger partial charge in [0, 0.05) is 60.8 Å². The summed E-state index contributed by atoms with van der Waals surface area (Å²) in [6.45, 7) is 9.26. The van der Waals surface area contributed by atoms with E-state index in [9.17, 15) is 4.79 Å². The molecular formula is C38H45N11O6. The molecule has 2 aliphatic heterocycles. The zero-order valence-corrected chi connectivity index (χ0v) is 31.1. The van der Waals surface area contributed by atoms with Gasteiger partial charge in [0.25, 0.3) is 0 Å². The molecule has 8 heterocycles. The van der Waals surface area contributed by atoms with Crippen LogP contribution in [-0.4, -0.2) is 118 Å². The number of aromatic amines is 2. The minimum Gasteiger partial charge on any atom is -0.496 e. The number of H-pyrrole nitrogens is 2. The van der Waals surface area contributed by atoms with Crippen molar-refractivity contribution in [3.05, 3.63) is 61.2 Å². The molecule has 0 spiro atoms. The van der Waals surface area contributed by atoms with Crippen LogP contribution in [0.15, 0.2) is 61.2 Å². The predicted octanol–water partition coefficient (Wildman–Crippen LogP) is 4.75. The molecule has 6 aromatic heterocycles. The Morgan fingerprint density at radius 1 is 0.855 bits per heavy atom. The number of nitrogens with two attached hydrogens (primary N) is 1. The second kappa shape index (κ2) is 17.4. The number of nitrogens with zero attached hydrogens (tertiary/aromatic N) is 8. The van der Waals surface area contributed by atoms with Crippen molar-refractivity contribution < 1.29 is 28.5 Å². The number of fused-ring (bicyclic) bond motifs is 2. The molecule has 8 rings (SSSR count). The molecule has 17 nitrogen and oxygen atoms in total. The monoisotopic (exact) mass is 751 g/mol. The first-order valence-corrected chi connectivity index (χ1v) is 18.3. The lowest BCUT2D eigenvalue weighted by atomic mass is 10.1. The molecular weight excluding hydrogens is 706 g/mol. The molecule has 288 valence electrons. The molecule has 0 saturated carbocycles. The summed E-state index contributed by atoms with van der Waals surface area (Å²) in [5.74, 6) is 3.22. The van der Waals surface area contributed by atoms with Crippen LogP contribution in [0.3, 0.4) is 0 Å². The topological polar surface area (TPSA) is 205 Å². The molecule has 0 bridgehead atoms. The number of unbranched alkanes of at least 4 members (excludes halogenated alkanes) is 1. The standard InChI is InChI=1S/C21H26N6O4.C17H19N5O2/c1-14-13-29-11-8-27(14)18-12-17(30-9-2-3-10-31-21(22)28)15-4-6-23-20(19(15)25-18)16-5-7-24-26-16;1-11-10-24-8-7-22(11)15-9-14(23-2)12-3-5-18-17(16(12)20-15)13-4-6-19-21-13/h4-7,12,14H,2-3,8-11,13H2,1H3,(H2,22,28)(H,24,26);3-6,9,11H,7-8,10H2,1-2H3,(H,19,21)/t14-;11-/m11/s1. The number of primary amides is 1. The van der Waals surface area contributed by atoms with Crippen LogP contribution in [0.25, 0.3) is 44.6 Å². The van der Waals surface area contributed by atoms with E-state index >= 15 is 0 Å². The number of hydrogen-bond donors (Lipinski definition) is 3. The van der Waals surface area contributed by atoms with Crippen molar-refractivity contribution in [2.75, 3.05) is 69.6 Å². The minimum atomic E-state index is -0.760. The Balaban J connectivity index is 0.000000174. The Morgan fingerprint density at radius 3 is 2.09 bits per heavy atom. The number of carbonyl (C=O) groups excluding carboxylic acids is 1. The van der Waals surface area contributed by atoms with Crippen molar-refractivity contribution >= 4 is 39.5 Å². The van der Waals surface area contributed by atoms with E-state index in [-0.39, 0.29) is 18.7 Å². The number of hydrogen-bond acceptors (Lipinski definition) is 14. The smallest absolute Gasteiger partial charge is 0.404 e. The number of anilines is 2. The molecule has 6 aromatic rings. The van der Waals surface area contributed by atoms with Crippen molar-refractivity contribution in [3.8, 4) is 34.3 Å². The maximum Gasteiger partial charge on any atom is 0.404 e. The Hall–Kier alpha value is -6.07. The van der Waals surface area contributed by atoms with E-state index in [1.165, 1.54) is 0 Å². The molecule has 0 radical (unpaired) electrons. The molecule has 1 amide bonds. The molecule has 0 unspecified atom stereocenters. The second-order valence-electron chi connectivity index (χ2n) is 13.2. The summed E-state index contributed by atoms with van der Waals surface area (Å²) in [5, 5.41) is 15.9. The largest absolute Gasteiger partial charge is 0.496 e. The normalized spacial score (nSPS) is 17.1. The zero-order chi connectivity index (χ0) is 38.1. The van der Waals surface area contributed by atoms with Crippen LogP contribution in [0.4, 0.5) is 16.4 Å². The van der Waals surface area contributed by atoms with Crippen molar-refractivity contribution in [3.63, 3.8) is 0 Å². The predicted molar refractivity (Wildman–Crippen MR) is 206 cm³/mol. The fraction of sp³-hybridized carbons (Fsp3) is 0.395. The highest BCUT2D eigenvalue weighted by molar-refractivity contribution is 5.96. The quantitative estimate of drug-likeness (QED) is 0.153. The Bertz CT molecular complexity index is 2180. The number of ether oxygens (including phenoxy) is 5. The van der Waals surface area contributed by atoms with Crippen LogP contribution in [0.5, 0.6) is 11.5 Å². The van der Waals surface area contributed by atoms with Crippen LogP contribution in [0, 0.1) is 0 Å². The summed E-state index contributed by atoms with van der Waals surface area (Å²) < 4.78 is 27.6. The number of aromatic nitrogens is 8. The lowest BCUT2D eigenvalue weighted by Gasteiger charge is -2.34. The van der Waals surface area contributed by atoms with Gasteiger partial charge >= 0.3 is 6.09 Å². The number of carbonyl (C=O) groups is 1. The van der Waals surface area contributed by atoms with E-state index in [0.717, 1.165) is 87.2 Å². The van der Waals surface area contributed by atoms with Crippen molar-refractivity contribution in [1.29, 1.82) is 0 Å². The van der Waals surface area contributed by atoms with Crippen molar-refractivity contribution in [2.24, 2.45) is 5.73 Å². The van der Waals surface area contributed by atoms with Gasteiger partial charge in [0.2, 0.25) is 0 Å². The van der Waals surface area contributed by atoms with E-state index < -0.39 is 6.09 Å². The molecule has 55 heavy (non-hydrogen) atoms. The van der Waals surface area contributed by atoms with Gasteiger partial charge in [-0.25, -0.2) is 14.8 Å². The first-order chi connectivity index (χ1) is 26.9. The maximum absolute atomic E-state index is 10.7. The second-order valence-corrected chi connectivity index (χ2v) is 13.2. The maximum atomic E-state index is 10.7. The summed E-state index contributed by atoms with van der Waals surface area (Å²) >= 11 is 0. The number of nitrogens with one attached hydrogen (secondary N) is 2. The fourth-order valence-corrected chi connectivity index (χ4v) is 6.66. The molecule has 2 fully saturated rings. The number of pyridine rings is 4. The summed E-state index contributed by atoms with van der Waals surface area (Å²) in [4.78, 5) is 34.0. The zero-order valence-electron chi connectivity index (χ0n) is 31.1. The average molecular weight is 752 g/mol. The Kier molecular flexibility index (Phi) is 11.8. The lowest BCUT2D eigenvalue weighted by Crippen LogP contribution is -2.44. The highest BCUT2D eigenvalue weighted by Crippen LogP contribution is 2.36. The highest BCUT2D eigenvalue weighted by atomic mass is 16.5. The third-order valence-electron chi connectivity index (χ3n) is 9.44. The van der Waals surface area contributed by atoms with E-state index in [1.807, 2.05) is 36.4 Å². The lowest BCUT2D eigenvalue weighted by molar-refractivity contribution is 0.0985. The number of rotatable bonds is 11. The SMILES string of the molecule is COc1cc(N2CCOC[C@H]2C)nc2c(-c3cc[nH]n3)nccc12.C[C@@H]1COCCN1c1cc(OCCCCOC(N)=O)c2ccnc(-c3ccn[nH]3)c2n1. The third-order valence-corrected chi connectivity index (χ3v) is 9.44. The molecule has 2 aliphatic rings. The Labute approximate surface area is 317 Å². The molecule has 2 saturated heterocycles. The summed E-state index contributed by atoms with van der Waals surface area (Å²) in [7, 11) is 1.68. The summed E-state index contributed by atoms with van der Waals surface area (Å²) in [6.07, 6.45) is 7.59. The van der Waals surface area contributed by atoms with Gasteiger partial charge in [-0.15, -0.1) is 0 Å². The third kappa shape index (κ3) is 8.52. The first kappa shape index (κ1) is 37.3. The highest BCUT2D eigenvalue weighted by Gasteiger charge is 2.25. The van der Waals surface area contributed by atoms with Crippen LogP contribution >= 0.6 is 0 Å². The first-order valence-electron chi connectivity index (χ1n) is 18.3. The van der Waals surface area contributed by atoms with Crippen LogP contribution in [-0.2, 0) is 14.2 Å². The summed E-state index contributed by atoms with van der Waals surface area (Å²) in [6, 6.07) is 12.0. The number of morpholine rings is 2. The molecule has 0 aromatic carbocycles.